The first-order valence-corrected chi connectivity index (χ1v) is 4.17. The Kier molecular flexibility index (Phi) is 14.7. The van der Waals surface area contributed by atoms with Crippen LogP contribution < -0.4 is 18.0 Å². The van der Waals surface area contributed by atoms with Crippen molar-refractivity contribution in [1.29, 1.82) is 0 Å². The van der Waals surface area contributed by atoms with Crippen molar-refractivity contribution in [1.82, 2.24) is 12.3 Å². The van der Waals surface area contributed by atoms with Gasteiger partial charge in [-0.2, -0.15) is 8.42 Å². The van der Waals surface area contributed by atoms with Crippen LogP contribution in [0.3, 0.4) is 0 Å². The molecule has 0 aliphatic rings. The van der Waals surface area contributed by atoms with Crippen LogP contribution in [0.1, 0.15) is 20.3 Å². The van der Waals surface area contributed by atoms with E-state index in [0.717, 1.165) is 0 Å². The van der Waals surface area contributed by atoms with E-state index in [1.54, 1.807) is 6.92 Å². The average molecular weight is 221 g/mol. The van der Waals surface area contributed by atoms with E-state index < -0.39 is 16.1 Å². The van der Waals surface area contributed by atoms with Crippen molar-refractivity contribution in [3.8, 4) is 0 Å². The van der Waals surface area contributed by atoms with E-state index in [9.17, 15) is 0 Å². The molecule has 11 N–H and O–H groups in total. The van der Waals surface area contributed by atoms with Crippen LogP contribution in [0.5, 0.6) is 0 Å². The Morgan fingerprint density at radius 1 is 1.31 bits per heavy atom. The molecule has 0 spiro atoms. The van der Waals surface area contributed by atoms with Gasteiger partial charge in [0.05, 0.1) is 0 Å². The van der Waals surface area contributed by atoms with Gasteiger partial charge in [0, 0.05) is 0 Å². The quantitative estimate of drug-likeness (QED) is 0.257. The standard InChI is InChI=1S/C4H11NO.2H3N.H2O4S/c1-3-4(2,5)6;;;1-5(2,3)4/h6H,3,5H2,1-2H3;2*1H3;(H2,1,2,3,4). The molecule has 8 nitrogen and oxygen atoms in total. The van der Waals surface area contributed by atoms with Crippen LogP contribution in [0, 0.1) is 0 Å². The predicted octanol–water partition coefficient (Wildman–Crippen LogP) is -0.265. The van der Waals surface area contributed by atoms with Gasteiger partial charge in [0.25, 0.3) is 0 Å². The third kappa shape index (κ3) is 150. The van der Waals surface area contributed by atoms with Gasteiger partial charge in [0.15, 0.2) is 0 Å². The summed E-state index contributed by atoms with van der Waals surface area (Å²) >= 11 is 0. The molecular formula is C4H19N3O5S. The number of rotatable bonds is 1. The third-order valence-corrected chi connectivity index (χ3v) is 0.716. The Bertz CT molecular complexity index is 176. The Balaban J connectivity index is -0.0000000546. The smallest absolute Gasteiger partial charge is 0.376 e. The fourth-order valence-corrected chi connectivity index (χ4v) is 0. The molecule has 13 heavy (non-hydrogen) atoms. The van der Waals surface area contributed by atoms with Gasteiger partial charge in [-0.05, 0) is 13.3 Å². The largest absolute Gasteiger partial charge is 0.394 e. The highest BCUT2D eigenvalue weighted by Crippen LogP contribution is 1.94. The zero-order valence-electron chi connectivity index (χ0n) is 7.77. The first-order chi connectivity index (χ1) is 4.56. The Morgan fingerprint density at radius 2 is 1.38 bits per heavy atom. The second-order valence-electron chi connectivity index (χ2n) is 2.16. The Morgan fingerprint density at radius 3 is 1.38 bits per heavy atom. The molecule has 0 radical (unpaired) electrons. The van der Waals surface area contributed by atoms with Crippen molar-refractivity contribution < 1.29 is 22.6 Å². The molecule has 0 aromatic rings. The van der Waals surface area contributed by atoms with Gasteiger partial charge in [0.1, 0.15) is 5.72 Å². The van der Waals surface area contributed by atoms with Crippen LogP contribution in [0.4, 0.5) is 0 Å². The summed E-state index contributed by atoms with van der Waals surface area (Å²) in [5.41, 5.74) is 4.13. The Labute approximate surface area is 77.9 Å². The van der Waals surface area contributed by atoms with Crippen molar-refractivity contribution in [2.24, 2.45) is 5.73 Å². The SMILES string of the molecule is CCC(C)(N)O.N.N.O=S(=O)(O)O. The molecule has 0 amide bonds. The van der Waals surface area contributed by atoms with Gasteiger partial charge >= 0.3 is 10.4 Å². The van der Waals surface area contributed by atoms with E-state index in [-0.39, 0.29) is 12.3 Å². The molecule has 0 heterocycles. The van der Waals surface area contributed by atoms with Gasteiger partial charge < -0.3 is 23.1 Å². The lowest BCUT2D eigenvalue weighted by Crippen LogP contribution is -2.34. The number of hydrogen-bond acceptors (Lipinski definition) is 6. The summed E-state index contributed by atoms with van der Waals surface area (Å²) in [5.74, 6) is 0. The molecule has 1 atom stereocenters. The third-order valence-electron chi connectivity index (χ3n) is 0.716. The number of aliphatic hydroxyl groups is 1. The fourth-order valence-electron chi connectivity index (χ4n) is 0. The first kappa shape index (κ1) is 23.0. The zero-order chi connectivity index (χ0) is 9.71. The Hall–Kier alpha value is -0.290. The summed E-state index contributed by atoms with van der Waals surface area (Å²) in [6.07, 6.45) is 0.604. The van der Waals surface area contributed by atoms with Crippen LogP contribution in [-0.2, 0) is 10.4 Å². The molecule has 0 aliphatic heterocycles. The van der Waals surface area contributed by atoms with Crippen molar-refractivity contribution in [2.45, 2.75) is 26.0 Å². The minimum absolute atomic E-state index is 0. The summed E-state index contributed by atoms with van der Waals surface area (Å²) in [7, 11) is -4.67. The predicted molar refractivity (Wildman–Crippen MR) is 49.3 cm³/mol. The molecule has 0 aromatic heterocycles. The summed E-state index contributed by atoms with van der Waals surface area (Å²) in [4.78, 5) is 0. The molecule has 9 heteroatoms. The van der Waals surface area contributed by atoms with Crippen LogP contribution in [0.15, 0.2) is 0 Å². The van der Waals surface area contributed by atoms with Gasteiger partial charge in [0.2, 0.25) is 0 Å². The lowest BCUT2D eigenvalue weighted by Gasteiger charge is -2.11. The van der Waals surface area contributed by atoms with Crippen molar-refractivity contribution in [3.63, 3.8) is 0 Å². The molecule has 0 rings (SSSR count). The summed E-state index contributed by atoms with van der Waals surface area (Å²) in [5, 5.41) is 8.60. The molecule has 0 fully saturated rings. The molecule has 0 bridgehead atoms. The molecule has 86 valence electrons. The number of nitrogens with two attached hydrogens (primary N) is 1. The lowest BCUT2D eigenvalue weighted by atomic mass is 10.2. The van der Waals surface area contributed by atoms with E-state index in [1.165, 1.54) is 0 Å². The minimum atomic E-state index is -4.67. The highest BCUT2D eigenvalue weighted by atomic mass is 32.3. The van der Waals surface area contributed by atoms with Gasteiger partial charge in [-0.3, -0.25) is 9.11 Å². The molecule has 0 saturated carbocycles. The van der Waals surface area contributed by atoms with Crippen molar-refractivity contribution in [3.05, 3.63) is 0 Å². The maximum atomic E-state index is 8.74. The van der Waals surface area contributed by atoms with E-state index in [0.29, 0.717) is 6.42 Å². The lowest BCUT2D eigenvalue weighted by molar-refractivity contribution is 0.0632. The van der Waals surface area contributed by atoms with E-state index >= 15 is 0 Å². The summed E-state index contributed by atoms with van der Waals surface area (Å²) in [6.45, 7) is 3.41. The monoisotopic (exact) mass is 221 g/mol. The molecule has 1 unspecified atom stereocenters. The molecule has 0 aromatic carbocycles. The minimum Gasteiger partial charge on any atom is -0.376 e. The molecule has 0 aliphatic carbocycles. The second kappa shape index (κ2) is 8.31. The van der Waals surface area contributed by atoms with Crippen LogP contribution >= 0.6 is 0 Å². The first-order valence-electron chi connectivity index (χ1n) is 2.77. The van der Waals surface area contributed by atoms with E-state index in [4.69, 9.17) is 28.4 Å². The number of hydrogen-bond donors (Lipinski definition) is 6. The van der Waals surface area contributed by atoms with Crippen LogP contribution in [-0.4, -0.2) is 28.4 Å². The summed E-state index contributed by atoms with van der Waals surface area (Å²) in [6, 6.07) is 0. The average Bonchev–Trinajstić information content (AvgIpc) is 1.59. The topological polar surface area (TPSA) is 191 Å². The fraction of sp³-hybridized carbons (Fsp3) is 1.00. The zero-order valence-corrected chi connectivity index (χ0v) is 8.58. The van der Waals surface area contributed by atoms with Gasteiger partial charge in [-0.25, -0.2) is 0 Å². The summed E-state index contributed by atoms with van der Waals surface area (Å²) < 4.78 is 31.6. The maximum absolute atomic E-state index is 8.74. The maximum Gasteiger partial charge on any atom is 0.394 e. The van der Waals surface area contributed by atoms with Crippen molar-refractivity contribution in [2.75, 3.05) is 0 Å². The van der Waals surface area contributed by atoms with Gasteiger partial charge in [-0.1, -0.05) is 6.92 Å². The second-order valence-corrected chi connectivity index (χ2v) is 3.05. The molecular weight excluding hydrogens is 202 g/mol. The van der Waals surface area contributed by atoms with E-state index in [1.807, 2.05) is 6.92 Å². The van der Waals surface area contributed by atoms with Crippen LogP contribution in [0.25, 0.3) is 0 Å². The normalized spacial score (nSPS) is 13.7. The molecule has 0 saturated heterocycles. The van der Waals surface area contributed by atoms with Gasteiger partial charge in [-0.15, -0.1) is 0 Å². The highest BCUT2D eigenvalue weighted by Gasteiger charge is 2.06. The van der Waals surface area contributed by atoms with E-state index in [2.05, 4.69) is 0 Å². The van der Waals surface area contributed by atoms with Crippen molar-refractivity contribution >= 4 is 10.4 Å². The van der Waals surface area contributed by atoms with Crippen LogP contribution in [0.2, 0.25) is 0 Å². The highest BCUT2D eigenvalue weighted by molar-refractivity contribution is 7.79.